The van der Waals surface area contributed by atoms with Gasteiger partial charge >= 0.3 is 12.1 Å². The van der Waals surface area contributed by atoms with Crippen LogP contribution in [0.3, 0.4) is 0 Å². The van der Waals surface area contributed by atoms with Gasteiger partial charge in [-0.15, -0.1) is 12.4 Å². The second kappa shape index (κ2) is 9.01. The minimum atomic E-state index is -1.04. The highest BCUT2D eigenvalue weighted by molar-refractivity contribution is 5.85. The maximum absolute atomic E-state index is 12.1. The molecule has 1 amide bonds. The summed E-state index contributed by atoms with van der Waals surface area (Å²) in [7, 11) is 0. The van der Waals surface area contributed by atoms with Gasteiger partial charge in [0.05, 0.1) is 4.92 Å². The molecule has 0 aliphatic carbocycles. The van der Waals surface area contributed by atoms with Crippen LogP contribution in [-0.2, 0) is 9.53 Å². The number of carbonyl (C=O) groups is 2. The van der Waals surface area contributed by atoms with E-state index in [1.807, 2.05) is 0 Å². The van der Waals surface area contributed by atoms with E-state index in [9.17, 15) is 24.8 Å². The van der Waals surface area contributed by atoms with Crippen LogP contribution in [0.4, 0.5) is 10.5 Å². The number of hydrogen-bond donors (Lipinski definition) is 1. The zero-order valence-electron chi connectivity index (χ0n) is 15.5. The molecule has 1 atom stereocenters. The minimum Gasteiger partial charge on any atom is -0.480 e. The Bertz CT molecular complexity index is 681. The fraction of sp³-hybridized carbons (Fsp3) is 0.529. The summed E-state index contributed by atoms with van der Waals surface area (Å²) in [6, 6.07) is 4.58. The van der Waals surface area contributed by atoms with E-state index in [1.54, 1.807) is 30.6 Å². The Balaban J connectivity index is 0.00000364. The number of nitro groups is 1. The molecule has 9 nitrogen and oxygen atoms in total. The van der Waals surface area contributed by atoms with Crippen LogP contribution < -0.4 is 0 Å². The Morgan fingerprint density at radius 2 is 1.67 bits per heavy atom. The van der Waals surface area contributed by atoms with Crippen molar-refractivity contribution in [2.24, 2.45) is 0 Å². The van der Waals surface area contributed by atoms with Crippen LogP contribution in [0.5, 0.6) is 0 Å². The quantitative estimate of drug-likeness (QED) is 0.609. The number of benzene rings is 1. The molecule has 10 heteroatoms. The fourth-order valence-electron chi connectivity index (χ4n) is 2.78. The SMILES string of the molecule is CC(C)(C)OC(=O)N1CCN(C(C(=O)O)c2ccc([N+](=O)[O-])cc2)CC1.Cl. The molecule has 1 aliphatic heterocycles. The molecule has 1 aromatic rings. The van der Waals surface area contributed by atoms with Gasteiger partial charge in [-0.25, -0.2) is 4.79 Å². The molecule has 1 heterocycles. The normalized spacial score (nSPS) is 16.2. The van der Waals surface area contributed by atoms with Crippen LogP contribution in [0.1, 0.15) is 32.4 Å². The van der Waals surface area contributed by atoms with Crippen LogP contribution in [-0.4, -0.2) is 63.7 Å². The van der Waals surface area contributed by atoms with E-state index >= 15 is 0 Å². The van der Waals surface area contributed by atoms with Crippen molar-refractivity contribution >= 4 is 30.2 Å². The van der Waals surface area contributed by atoms with Crippen molar-refractivity contribution in [3.05, 3.63) is 39.9 Å². The molecule has 0 spiro atoms. The summed E-state index contributed by atoms with van der Waals surface area (Å²) in [5, 5.41) is 20.4. The standard InChI is InChI=1S/C17H23N3O6.ClH/c1-17(2,3)26-16(23)19-10-8-18(9-11-19)14(15(21)22)12-4-6-13(7-5-12)20(24)25;/h4-7,14H,8-11H2,1-3H3,(H,21,22);1H. The number of ether oxygens (including phenoxy) is 1. The van der Waals surface area contributed by atoms with Gasteiger partial charge in [0.15, 0.2) is 0 Å². The van der Waals surface area contributed by atoms with Crippen molar-refractivity contribution < 1.29 is 24.4 Å². The number of carboxylic acid groups (broad SMARTS) is 1. The summed E-state index contributed by atoms with van der Waals surface area (Å²) in [5.41, 5.74) is -0.210. The second-order valence-corrected chi connectivity index (χ2v) is 7.09. The largest absolute Gasteiger partial charge is 0.480 e. The third-order valence-electron chi connectivity index (χ3n) is 3.98. The molecule has 1 unspecified atom stereocenters. The van der Waals surface area contributed by atoms with Gasteiger partial charge in [-0.1, -0.05) is 12.1 Å². The number of halogens is 1. The van der Waals surface area contributed by atoms with Crippen LogP contribution in [0.15, 0.2) is 24.3 Å². The van der Waals surface area contributed by atoms with E-state index in [0.29, 0.717) is 31.7 Å². The lowest BCUT2D eigenvalue weighted by molar-refractivity contribution is -0.384. The number of nitrogens with zero attached hydrogens (tertiary/aromatic N) is 3. The Morgan fingerprint density at radius 3 is 2.07 bits per heavy atom. The van der Waals surface area contributed by atoms with Gasteiger partial charge in [0, 0.05) is 38.3 Å². The van der Waals surface area contributed by atoms with Crippen molar-refractivity contribution in [1.29, 1.82) is 0 Å². The number of aliphatic carboxylic acids is 1. The van der Waals surface area contributed by atoms with Gasteiger partial charge in [0.2, 0.25) is 0 Å². The van der Waals surface area contributed by atoms with Crippen molar-refractivity contribution in [2.75, 3.05) is 26.2 Å². The molecule has 0 aromatic heterocycles. The summed E-state index contributed by atoms with van der Waals surface area (Å²) in [4.78, 5) is 37.4. The van der Waals surface area contributed by atoms with E-state index < -0.39 is 28.6 Å². The molecule has 1 saturated heterocycles. The predicted octanol–water partition coefficient (Wildman–Crippen LogP) is 2.70. The first-order valence-electron chi connectivity index (χ1n) is 8.27. The second-order valence-electron chi connectivity index (χ2n) is 7.09. The first kappa shape index (κ1) is 22.7. The van der Waals surface area contributed by atoms with E-state index in [1.165, 1.54) is 24.3 Å². The summed E-state index contributed by atoms with van der Waals surface area (Å²) < 4.78 is 5.33. The molecule has 1 fully saturated rings. The third-order valence-corrected chi connectivity index (χ3v) is 3.98. The lowest BCUT2D eigenvalue weighted by atomic mass is 10.0. The van der Waals surface area contributed by atoms with E-state index in [4.69, 9.17) is 4.74 Å². The monoisotopic (exact) mass is 401 g/mol. The summed E-state index contributed by atoms with van der Waals surface area (Å²) in [6.45, 7) is 6.81. The highest BCUT2D eigenvalue weighted by Gasteiger charge is 2.33. The average Bonchev–Trinajstić information content (AvgIpc) is 2.54. The van der Waals surface area contributed by atoms with Crippen molar-refractivity contribution in [3.8, 4) is 0 Å². The smallest absolute Gasteiger partial charge is 0.410 e. The average molecular weight is 402 g/mol. The van der Waals surface area contributed by atoms with Crippen LogP contribution >= 0.6 is 12.4 Å². The number of non-ortho nitro benzene ring substituents is 1. The van der Waals surface area contributed by atoms with Crippen molar-refractivity contribution in [1.82, 2.24) is 9.80 Å². The van der Waals surface area contributed by atoms with Gasteiger partial charge < -0.3 is 14.7 Å². The predicted molar refractivity (Wildman–Crippen MR) is 100 cm³/mol. The number of rotatable bonds is 4. The van der Waals surface area contributed by atoms with E-state index in [2.05, 4.69) is 0 Å². The first-order valence-corrected chi connectivity index (χ1v) is 8.27. The summed E-state index contributed by atoms with van der Waals surface area (Å²) >= 11 is 0. The Hall–Kier alpha value is -2.39. The lowest BCUT2D eigenvalue weighted by Crippen LogP contribution is -2.51. The molecule has 0 radical (unpaired) electrons. The van der Waals surface area contributed by atoms with Crippen molar-refractivity contribution in [2.45, 2.75) is 32.4 Å². The van der Waals surface area contributed by atoms with Crippen LogP contribution in [0, 0.1) is 10.1 Å². The Morgan fingerprint density at radius 1 is 1.15 bits per heavy atom. The lowest BCUT2D eigenvalue weighted by Gasteiger charge is -2.38. The number of hydrogen-bond acceptors (Lipinski definition) is 6. The molecule has 1 aromatic carbocycles. The van der Waals surface area contributed by atoms with Crippen LogP contribution in [0.25, 0.3) is 0 Å². The van der Waals surface area contributed by atoms with Gasteiger partial charge in [-0.05, 0) is 26.3 Å². The zero-order chi connectivity index (χ0) is 19.5. The van der Waals surface area contributed by atoms with Crippen molar-refractivity contribution in [3.63, 3.8) is 0 Å². The van der Waals surface area contributed by atoms with E-state index in [0.717, 1.165) is 0 Å². The van der Waals surface area contributed by atoms with Gasteiger partial charge in [0.25, 0.3) is 5.69 Å². The van der Waals surface area contributed by atoms with E-state index in [-0.39, 0.29) is 18.1 Å². The highest BCUT2D eigenvalue weighted by Crippen LogP contribution is 2.25. The number of nitro benzene ring substituents is 1. The molecule has 0 saturated carbocycles. The van der Waals surface area contributed by atoms with Gasteiger partial charge in [0.1, 0.15) is 11.6 Å². The molecule has 1 N–H and O–H groups in total. The summed E-state index contributed by atoms with van der Waals surface area (Å²) in [5.74, 6) is -1.04. The van der Waals surface area contributed by atoms with Gasteiger partial charge in [-0.2, -0.15) is 0 Å². The molecule has 150 valence electrons. The van der Waals surface area contributed by atoms with Crippen LogP contribution in [0.2, 0.25) is 0 Å². The maximum atomic E-state index is 12.1. The third kappa shape index (κ3) is 6.07. The topological polar surface area (TPSA) is 113 Å². The van der Waals surface area contributed by atoms with Gasteiger partial charge in [-0.3, -0.25) is 19.8 Å². The Labute approximate surface area is 163 Å². The number of amides is 1. The number of carbonyl (C=O) groups excluding carboxylic acids is 1. The number of piperazine rings is 1. The minimum absolute atomic E-state index is 0. The Kier molecular flexibility index (Phi) is 7.55. The molecular weight excluding hydrogens is 378 g/mol. The highest BCUT2D eigenvalue weighted by atomic mass is 35.5. The molecule has 27 heavy (non-hydrogen) atoms. The molecule has 2 rings (SSSR count). The number of carboxylic acids is 1. The molecular formula is C17H24ClN3O6. The maximum Gasteiger partial charge on any atom is 0.410 e. The fourth-order valence-corrected chi connectivity index (χ4v) is 2.78. The first-order chi connectivity index (χ1) is 12.1. The molecule has 0 bridgehead atoms. The summed E-state index contributed by atoms with van der Waals surface area (Å²) in [6.07, 6.45) is -0.417. The zero-order valence-corrected chi connectivity index (χ0v) is 16.3. The molecule has 1 aliphatic rings.